The lowest BCUT2D eigenvalue weighted by Gasteiger charge is -2.19. The van der Waals surface area contributed by atoms with E-state index in [2.05, 4.69) is 28.8 Å². The highest BCUT2D eigenvalue weighted by Gasteiger charge is 2.15. The van der Waals surface area contributed by atoms with Gasteiger partial charge in [-0.05, 0) is 43.5 Å². The minimum absolute atomic E-state index is 0.708. The Kier molecular flexibility index (Phi) is 3.06. The van der Waals surface area contributed by atoms with Gasteiger partial charge in [-0.25, -0.2) is 0 Å². The van der Waals surface area contributed by atoms with Gasteiger partial charge in [0, 0.05) is 28.9 Å². The topological polar surface area (TPSA) is 24.1 Å². The summed E-state index contributed by atoms with van der Waals surface area (Å²) >= 11 is 1.98. The second kappa shape index (κ2) is 4.68. The van der Waals surface area contributed by atoms with Crippen molar-refractivity contribution in [1.82, 2.24) is 5.32 Å². The monoisotopic (exact) mass is 234 g/mol. The fourth-order valence-electron chi connectivity index (χ4n) is 2.52. The first kappa shape index (κ1) is 10.5. The summed E-state index contributed by atoms with van der Waals surface area (Å²) in [5, 5.41) is 7.01. The first-order valence-electron chi connectivity index (χ1n) is 6.15. The van der Waals surface area contributed by atoms with Crippen molar-refractivity contribution in [1.29, 1.82) is 0 Å². The van der Waals surface area contributed by atoms with Crippen molar-refractivity contribution in [3.63, 3.8) is 0 Å². The Morgan fingerprint density at radius 1 is 1.31 bits per heavy atom. The van der Waals surface area contributed by atoms with Crippen molar-refractivity contribution < 1.29 is 0 Å². The molecular weight excluding hydrogens is 216 g/mol. The van der Waals surface area contributed by atoms with Crippen LogP contribution in [0.5, 0.6) is 0 Å². The highest BCUT2D eigenvalue weighted by Crippen LogP contribution is 2.32. The standard InChI is InChI=1S/C13H18N2S/c1-2-11(14-5-1)8-10-3-4-12-13(9-10)16-7-6-15-12/h3-4,9,11,14-15H,1-2,5-8H2. The third-order valence-corrected chi connectivity index (χ3v) is 4.42. The fourth-order valence-corrected chi connectivity index (χ4v) is 3.48. The lowest BCUT2D eigenvalue weighted by Crippen LogP contribution is -2.23. The lowest BCUT2D eigenvalue weighted by molar-refractivity contribution is 0.602. The van der Waals surface area contributed by atoms with Crippen molar-refractivity contribution in [2.45, 2.75) is 30.2 Å². The molecule has 2 heterocycles. The molecule has 1 fully saturated rings. The molecule has 1 unspecified atom stereocenters. The average Bonchev–Trinajstić information content (AvgIpc) is 2.82. The maximum absolute atomic E-state index is 3.56. The number of rotatable bonds is 2. The van der Waals surface area contributed by atoms with Crippen molar-refractivity contribution in [3.05, 3.63) is 23.8 Å². The third-order valence-electron chi connectivity index (χ3n) is 3.37. The first-order chi connectivity index (χ1) is 7.92. The van der Waals surface area contributed by atoms with Crippen LogP contribution in [0, 0.1) is 0 Å². The van der Waals surface area contributed by atoms with Crippen molar-refractivity contribution >= 4 is 17.4 Å². The van der Waals surface area contributed by atoms with E-state index in [4.69, 9.17) is 0 Å². The van der Waals surface area contributed by atoms with E-state index in [1.807, 2.05) is 11.8 Å². The summed E-state index contributed by atoms with van der Waals surface area (Å²) in [6.07, 6.45) is 3.86. The largest absolute Gasteiger partial charge is 0.383 e. The Balaban J connectivity index is 1.74. The van der Waals surface area contributed by atoms with Crippen LogP contribution >= 0.6 is 11.8 Å². The highest BCUT2D eigenvalue weighted by molar-refractivity contribution is 7.99. The van der Waals surface area contributed by atoms with Crippen molar-refractivity contribution in [3.8, 4) is 0 Å². The zero-order valence-electron chi connectivity index (χ0n) is 9.46. The molecule has 0 spiro atoms. The minimum atomic E-state index is 0.708. The second-order valence-electron chi connectivity index (χ2n) is 4.60. The van der Waals surface area contributed by atoms with Crippen LogP contribution in [0.4, 0.5) is 5.69 Å². The molecule has 0 bridgehead atoms. The highest BCUT2D eigenvalue weighted by atomic mass is 32.2. The third kappa shape index (κ3) is 2.20. The predicted molar refractivity (Wildman–Crippen MR) is 70.4 cm³/mol. The maximum atomic E-state index is 3.56. The van der Waals surface area contributed by atoms with Gasteiger partial charge >= 0.3 is 0 Å². The predicted octanol–water partition coefficient (Wildman–Crippen LogP) is 2.50. The zero-order valence-corrected chi connectivity index (χ0v) is 10.3. The van der Waals surface area contributed by atoms with Gasteiger partial charge in [-0.2, -0.15) is 0 Å². The molecule has 0 saturated carbocycles. The number of fused-ring (bicyclic) bond motifs is 1. The van der Waals surface area contributed by atoms with Crippen LogP contribution in [0.2, 0.25) is 0 Å². The maximum Gasteiger partial charge on any atom is 0.0478 e. The van der Waals surface area contributed by atoms with Gasteiger partial charge in [0.1, 0.15) is 0 Å². The van der Waals surface area contributed by atoms with Gasteiger partial charge in [0.05, 0.1) is 0 Å². The van der Waals surface area contributed by atoms with E-state index in [0.29, 0.717) is 6.04 Å². The Bertz CT molecular complexity index is 372. The summed E-state index contributed by atoms with van der Waals surface area (Å²) in [7, 11) is 0. The van der Waals surface area contributed by atoms with Gasteiger partial charge in [-0.3, -0.25) is 0 Å². The minimum Gasteiger partial charge on any atom is -0.383 e. The Hall–Kier alpha value is -0.670. The first-order valence-corrected chi connectivity index (χ1v) is 7.13. The fraction of sp³-hybridized carbons (Fsp3) is 0.538. The van der Waals surface area contributed by atoms with Crippen molar-refractivity contribution in [2.75, 3.05) is 24.2 Å². The molecule has 0 aliphatic carbocycles. The van der Waals surface area contributed by atoms with E-state index >= 15 is 0 Å². The summed E-state index contributed by atoms with van der Waals surface area (Å²) in [4.78, 5) is 1.43. The molecule has 16 heavy (non-hydrogen) atoms. The molecule has 3 rings (SSSR count). The van der Waals surface area contributed by atoms with Crippen LogP contribution in [0.1, 0.15) is 18.4 Å². The molecular formula is C13H18N2S. The second-order valence-corrected chi connectivity index (χ2v) is 5.74. The summed E-state index contributed by atoms with van der Waals surface area (Å²) in [6, 6.07) is 7.59. The number of nitrogens with one attached hydrogen (secondary N) is 2. The van der Waals surface area contributed by atoms with Crippen LogP contribution in [0.15, 0.2) is 23.1 Å². The SMILES string of the molecule is c1cc2c(cc1CC1CCCN1)SCCN2. The van der Waals surface area contributed by atoms with Gasteiger partial charge in [0.15, 0.2) is 0 Å². The number of thioether (sulfide) groups is 1. The molecule has 0 radical (unpaired) electrons. The molecule has 0 aromatic heterocycles. The van der Waals surface area contributed by atoms with Crippen LogP contribution < -0.4 is 10.6 Å². The lowest BCUT2D eigenvalue weighted by atomic mass is 10.0. The van der Waals surface area contributed by atoms with E-state index < -0.39 is 0 Å². The van der Waals surface area contributed by atoms with E-state index in [1.165, 1.54) is 47.7 Å². The summed E-state index contributed by atoms with van der Waals surface area (Å²) in [6.45, 7) is 2.30. The number of anilines is 1. The van der Waals surface area contributed by atoms with E-state index in [-0.39, 0.29) is 0 Å². The smallest absolute Gasteiger partial charge is 0.0478 e. The van der Waals surface area contributed by atoms with Gasteiger partial charge < -0.3 is 10.6 Å². The Labute approximate surface area is 101 Å². The van der Waals surface area contributed by atoms with Gasteiger partial charge in [-0.1, -0.05) is 6.07 Å². The molecule has 2 aliphatic heterocycles. The van der Waals surface area contributed by atoms with Crippen LogP contribution in [0.3, 0.4) is 0 Å². The quantitative estimate of drug-likeness (QED) is 0.822. The zero-order chi connectivity index (χ0) is 10.8. The molecule has 1 aromatic carbocycles. The van der Waals surface area contributed by atoms with E-state index in [9.17, 15) is 0 Å². The molecule has 0 amide bonds. The molecule has 1 saturated heterocycles. The normalized spacial score (nSPS) is 23.9. The molecule has 1 atom stereocenters. The van der Waals surface area contributed by atoms with Gasteiger partial charge in [0.2, 0.25) is 0 Å². The summed E-state index contributed by atoms with van der Waals surface area (Å²) in [5.41, 5.74) is 2.80. The molecule has 3 heteroatoms. The molecule has 2 aliphatic rings. The Morgan fingerprint density at radius 2 is 2.31 bits per heavy atom. The van der Waals surface area contributed by atoms with E-state index in [1.54, 1.807) is 0 Å². The number of benzene rings is 1. The molecule has 2 N–H and O–H groups in total. The number of hydrogen-bond donors (Lipinski definition) is 2. The molecule has 86 valence electrons. The summed E-state index contributed by atoms with van der Waals surface area (Å²) < 4.78 is 0. The summed E-state index contributed by atoms with van der Waals surface area (Å²) in [5.74, 6) is 1.19. The van der Waals surface area contributed by atoms with Gasteiger partial charge in [-0.15, -0.1) is 11.8 Å². The molecule has 1 aromatic rings. The van der Waals surface area contributed by atoms with Crippen LogP contribution in [0.25, 0.3) is 0 Å². The van der Waals surface area contributed by atoms with Crippen LogP contribution in [-0.4, -0.2) is 24.9 Å². The average molecular weight is 234 g/mol. The van der Waals surface area contributed by atoms with Crippen molar-refractivity contribution in [2.24, 2.45) is 0 Å². The van der Waals surface area contributed by atoms with Gasteiger partial charge in [0.25, 0.3) is 0 Å². The molecule has 2 nitrogen and oxygen atoms in total. The van der Waals surface area contributed by atoms with E-state index in [0.717, 1.165) is 6.54 Å². The number of hydrogen-bond acceptors (Lipinski definition) is 3. The van der Waals surface area contributed by atoms with Crippen LogP contribution in [-0.2, 0) is 6.42 Å². The Morgan fingerprint density at radius 3 is 3.19 bits per heavy atom.